The molecule has 0 fully saturated rings. The van der Waals surface area contributed by atoms with Gasteiger partial charge in [-0.1, -0.05) is 24.3 Å². The average Bonchev–Trinajstić information content (AvgIpc) is 2.46. The lowest BCUT2D eigenvalue weighted by Gasteiger charge is -2.14. The normalized spacial score (nSPS) is 10.5. The van der Waals surface area contributed by atoms with Crippen molar-refractivity contribution in [2.45, 2.75) is 26.5 Å². The van der Waals surface area contributed by atoms with Crippen LogP contribution >= 0.6 is 0 Å². The van der Waals surface area contributed by atoms with Gasteiger partial charge in [0, 0.05) is 6.54 Å². The van der Waals surface area contributed by atoms with E-state index >= 15 is 0 Å². The molecule has 0 aliphatic heterocycles. The van der Waals surface area contributed by atoms with Gasteiger partial charge in [-0.3, -0.25) is 4.79 Å². The Morgan fingerprint density at radius 1 is 1.14 bits per heavy atom. The Balaban J connectivity index is 2.05. The van der Waals surface area contributed by atoms with E-state index < -0.39 is 0 Å². The third-order valence-corrected chi connectivity index (χ3v) is 2.86. The molecule has 1 N–H and O–H groups in total. The molecule has 0 unspecified atom stereocenters. The number of carbonyl (C=O) groups excluding carboxylic acids is 1. The first-order valence-corrected chi connectivity index (χ1v) is 6.84. The highest BCUT2D eigenvalue weighted by molar-refractivity contribution is 5.96. The number of hydrogen-bond donors (Lipinski definition) is 1. The van der Waals surface area contributed by atoms with Gasteiger partial charge in [0.2, 0.25) is 0 Å². The van der Waals surface area contributed by atoms with E-state index in [-0.39, 0.29) is 17.8 Å². The average molecular weight is 287 g/mol. The molecule has 0 spiro atoms. The molecule has 2 rings (SSSR count). The summed E-state index contributed by atoms with van der Waals surface area (Å²) in [6, 6.07) is 13.1. The highest BCUT2D eigenvalue weighted by Crippen LogP contribution is 2.19. The van der Waals surface area contributed by atoms with Gasteiger partial charge < -0.3 is 10.1 Å². The molecule has 3 nitrogen and oxygen atoms in total. The molecule has 2 aromatic carbocycles. The molecule has 4 heteroatoms. The SMILES string of the molecule is CC(C)Oc1ccccc1C(=O)NCc1ccc(F)cc1. The zero-order valence-electron chi connectivity index (χ0n) is 12.1. The minimum absolute atomic E-state index is 0.00366. The van der Waals surface area contributed by atoms with Gasteiger partial charge in [-0.05, 0) is 43.7 Å². The minimum atomic E-state index is -0.291. The second-order valence-electron chi connectivity index (χ2n) is 4.97. The third-order valence-electron chi connectivity index (χ3n) is 2.86. The molecule has 0 aliphatic rings. The van der Waals surface area contributed by atoms with Crippen LogP contribution in [0, 0.1) is 5.82 Å². The molecule has 0 saturated heterocycles. The smallest absolute Gasteiger partial charge is 0.255 e. The molecule has 0 radical (unpaired) electrons. The lowest BCUT2D eigenvalue weighted by Crippen LogP contribution is -2.24. The van der Waals surface area contributed by atoms with Gasteiger partial charge in [0.25, 0.3) is 5.91 Å². The molecular formula is C17H18FNO2. The van der Waals surface area contributed by atoms with Crippen LogP contribution < -0.4 is 10.1 Å². The fourth-order valence-electron chi connectivity index (χ4n) is 1.89. The molecule has 0 heterocycles. The van der Waals surface area contributed by atoms with Crippen LogP contribution in [0.5, 0.6) is 5.75 Å². The molecule has 110 valence electrons. The number of nitrogens with one attached hydrogen (secondary N) is 1. The van der Waals surface area contributed by atoms with Gasteiger partial charge in [0.05, 0.1) is 11.7 Å². The summed E-state index contributed by atoms with van der Waals surface area (Å²) in [5.41, 5.74) is 1.33. The summed E-state index contributed by atoms with van der Waals surface area (Å²) in [6.07, 6.45) is -0.00366. The molecule has 0 saturated carbocycles. The molecule has 21 heavy (non-hydrogen) atoms. The zero-order chi connectivity index (χ0) is 15.2. The summed E-state index contributed by atoms with van der Waals surface area (Å²) >= 11 is 0. The van der Waals surface area contributed by atoms with Crippen molar-refractivity contribution in [1.82, 2.24) is 5.32 Å². The van der Waals surface area contributed by atoms with E-state index in [1.807, 2.05) is 19.9 Å². The maximum Gasteiger partial charge on any atom is 0.255 e. The fraction of sp³-hybridized carbons (Fsp3) is 0.235. The maximum absolute atomic E-state index is 12.8. The van der Waals surface area contributed by atoms with Crippen LogP contribution in [0.3, 0.4) is 0 Å². The Morgan fingerprint density at radius 3 is 2.48 bits per heavy atom. The highest BCUT2D eigenvalue weighted by Gasteiger charge is 2.12. The van der Waals surface area contributed by atoms with Crippen LogP contribution in [0.2, 0.25) is 0 Å². The predicted octanol–water partition coefficient (Wildman–Crippen LogP) is 3.54. The largest absolute Gasteiger partial charge is 0.490 e. The first-order chi connectivity index (χ1) is 10.1. The second-order valence-corrected chi connectivity index (χ2v) is 4.97. The number of carbonyl (C=O) groups is 1. The maximum atomic E-state index is 12.8. The highest BCUT2D eigenvalue weighted by atomic mass is 19.1. The molecule has 0 aliphatic carbocycles. The van der Waals surface area contributed by atoms with Crippen molar-refractivity contribution in [3.8, 4) is 5.75 Å². The van der Waals surface area contributed by atoms with Gasteiger partial charge in [-0.15, -0.1) is 0 Å². The number of para-hydroxylation sites is 1. The van der Waals surface area contributed by atoms with Gasteiger partial charge in [-0.25, -0.2) is 4.39 Å². The van der Waals surface area contributed by atoms with E-state index in [4.69, 9.17) is 4.74 Å². The van der Waals surface area contributed by atoms with E-state index in [0.29, 0.717) is 17.9 Å². The van der Waals surface area contributed by atoms with Crippen molar-refractivity contribution in [3.05, 3.63) is 65.5 Å². The Hall–Kier alpha value is -2.36. The van der Waals surface area contributed by atoms with Crippen LogP contribution in [-0.4, -0.2) is 12.0 Å². The monoisotopic (exact) mass is 287 g/mol. The van der Waals surface area contributed by atoms with Gasteiger partial charge in [0.1, 0.15) is 11.6 Å². The lowest BCUT2D eigenvalue weighted by molar-refractivity contribution is 0.0945. The van der Waals surface area contributed by atoms with Crippen molar-refractivity contribution in [3.63, 3.8) is 0 Å². The summed E-state index contributed by atoms with van der Waals surface area (Å²) < 4.78 is 18.4. The van der Waals surface area contributed by atoms with Gasteiger partial charge in [0.15, 0.2) is 0 Å². The fourth-order valence-corrected chi connectivity index (χ4v) is 1.89. The molecule has 0 bridgehead atoms. The Labute approximate surface area is 123 Å². The van der Waals surface area contributed by atoms with E-state index in [1.54, 1.807) is 30.3 Å². The van der Waals surface area contributed by atoms with E-state index in [0.717, 1.165) is 5.56 Å². The van der Waals surface area contributed by atoms with Crippen LogP contribution in [0.15, 0.2) is 48.5 Å². The number of ether oxygens (including phenoxy) is 1. The standard InChI is InChI=1S/C17H18FNO2/c1-12(2)21-16-6-4-3-5-15(16)17(20)19-11-13-7-9-14(18)10-8-13/h3-10,12H,11H2,1-2H3,(H,19,20). The van der Waals surface area contributed by atoms with E-state index in [9.17, 15) is 9.18 Å². The minimum Gasteiger partial charge on any atom is -0.490 e. The predicted molar refractivity (Wildman–Crippen MR) is 79.8 cm³/mol. The van der Waals surface area contributed by atoms with Crippen LogP contribution in [-0.2, 0) is 6.54 Å². The lowest BCUT2D eigenvalue weighted by atomic mass is 10.1. The molecule has 0 aromatic heterocycles. The molecule has 0 atom stereocenters. The number of hydrogen-bond acceptors (Lipinski definition) is 2. The summed E-state index contributed by atoms with van der Waals surface area (Å²) in [5, 5.41) is 2.81. The van der Waals surface area contributed by atoms with Crippen molar-refractivity contribution in [2.24, 2.45) is 0 Å². The van der Waals surface area contributed by atoms with E-state index in [1.165, 1.54) is 12.1 Å². The topological polar surface area (TPSA) is 38.3 Å². The summed E-state index contributed by atoms with van der Waals surface area (Å²) in [5.74, 6) is 0.0560. The van der Waals surface area contributed by atoms with Gasteiger partial charge >= 0.3 is 0 Å². The van der Waals surface area contributed by atoms with Crippen molar-refractivity contribution in [2.75, 3.05) is 0 Å². The van der Waals surface area contributed by atoms with Crippen molar-refractivity contribution >= 4 is 5.91 Å². The third kappa shape index (κ3) is 4.31. The number of benzene rings is 2. The van der Waals surface area contributed by atoms with Crippen LogP contribution in [0.1, 0.15) is 29.8 Å². The number of rotatable bonds is 5. The van der Waals surface area contributed by atoms with Crippen molar-refractivity contribution in [1.29, 1.82) is 0 Å². The summed E-state index contributed by atoms with van der Waals surface area (Å²) in [6.45, 7) is 4.16. The van der Waals surface area contributed by atoms with Crippen molar-refractivity contribution < 1.29 is 13.9 Å². The van der Waals surface area contributed by atoms with Crippen LogP contribution in [0.25, 0.3) is 0 Å². The molecule has 1 amide bonds. The first kappa shape index (κ1) is 15.0. The van der Waals surface area contributed by atoms with Crippen LogP contribution in [0.4, 0.5) is 4.39 Å². The molecular weight excluding hydrogens is 269 g/mol. The summed E-state index contributed by atoms with van der Waals surface area (Å²) in [7, 11) is 0. The first-order valence-electron chi connectivity index (χ1n) is 6.84. The van der Waals surface area contributed by atoms with Gasteiger partial charge in [-0.2, -0.15) is 0 Å². The summed E-state index contributed by atoms with van der Waals surface area (Å²) in [4.78, 5) is 12.2. The Kier molecular flexibility index (Phi) is 4.93. The van der Waals surface area contributed by atoms with E-state index in [2.05, 4.69) is 5.32 Å². The number of amides is 1. The number of halogens is 1. The zero-order valence-corrected chi connectivity index (χ0v) is 12.1. The Morgan fingerprint density at radius 2 is 1.81 bits per heavy atom. The second kappa shape index (κ2) is 6.88. The quantitative estimate of drug-likeness (QED) is 0.913. The Bertz CT molecular complexity index is 608. The molecule has 2 aromatic rings.